The van der Waals surface area contributed by atoms with Gasteiger partial charge in [-0.3, -0.25) is 4.79 Å². The highest BCUT2D eigenvalue weighted by Gasteiger charge is 2.02. The molecule has 0 amide bonds. The smallest absolute Gasteiger partial charge is 0.185 e. The maximum absolute atomic E-state index is 12.1. The van der Waals surface area contributed by atoms with Crippen LogP contribution in [0.3, 0.4) is 0 Å². The maximum atomic E-state index is 12.1. The lowest BCUT2D eigenvalue weighted by Gasteiger charge is -2.07. The van der Waals surface area contributed by atoms with Crippen LogP contribution in [-0.2, 0) is 0 Å². The van der Waals surface area contributed by atoms with Crippen LogP contribution in [0.2, 0.25) is 0 Å². The fourth-order valence-electron chi connectivity index (χ4n) is 2.36. The molecule has 0 fully saturated rings. The quantitative estimate of drug-likeness (QED) is 0.409. The van der Waals surface area contributed by atoms with E-state index in [-0.39, 0.29) is 5.78 Å². The van der Waals surface area contributed by atoms with Crippen LogP contribution in [0.25, 0.3) is 6.08 Å². The summed E-state index contributed by atoms with van der Waals surface area (Å²) in [4.78, 5) is 12.1. The fourth-order valence-corrected chi connectivity index (χ4v) is 2.36. The predicted molar refractivity (Wildman–Crippen MR) is 102 cm³/mol. The molecule has 0 aliphatic carbocycles. The van der Waals surface area contributed by atoms with Crippen molar-refractivity contribution in [2.75, 3.05) is 11.5 Å². The number of anilines is 2. The van der Waals surface area contributed by atoms with Gasteiger partial charge in [0.15, 0.2) is 5.78 Å². The third kappa shape index (κ3) is 4.48. The molecular formula is C21H18N2O2. The Kier molecular flexibility index (Phi) is 4.81. The number of benzene rings is 3. The summed E-state index contributed by atoms with van der Waals surface area (Å²) in [5, 5.41) is 0. The number of nitrogens with two attached hydrogens (primary N) is 2. The lowest BCUT2D eigenvalue weighted by molar-refractivity contribution is 0.104. The molecule has 3 aromatic carbocycles. The number of carbonyl (C=O) groups is 1. The molecule has 25 heavy (non-hydrogen) atoms. The number of rotatable bonds is 5. The minimum absolute atomic E-state index is 0.0313. The van der Waals surface area contributed by atoms with Crippen molar-refractivity contribution in [3.63, 3.8) is 0 Å². The molecule has 0 heterocycles. The van der Waals surface area contributed by atoms with E-state index in [9.17, 15) is 4.79 Å². The molecule has 0 aliphatic rings. The first kappa shape index (κ1) is 16.3. The van der Waals surface area contributed by atoms with Crippen LogP contribution >= 0.6 is 0 Å². The summed E-state index contributed by atoms with van der Waals surface area (Å²) in [6.45, 7) is 0. The Labute approximate surface area is 146 Å². The molecule has 0 aromatic heterocycles. The zero-order valence-electron chi connectivity index (χ0n) is 13.6. The van der Waals surface area contributed by atoms with E-state index in [1.54, 1.807) is 42.5 Å². The molecule has 0 saturated carbocycles. The van der Waals surface area contributed by atoms with Crippen LogP contribution < -0.4 is 16.2 Å². The Morgan fingerprint density at radius 1 is 0.800 bits per heavy atom. The third-order valence-corrected chi connectivity index (χ3v) is 3.55. The summed E-state index contributed by atoms with van der Waals surface area (Å²) < 4.78 is 5.74. The largest absolute Gasteiger partial charge is 0.457 e. The first-order valence-corrected chi connectivity index (χ1v) is 7.81. The van der Waals surface area contributed by atoms with Gasteiger partial charge in [-0.1, -0.05) is 48.5 Å². The average molecular weight is 330 g/mol. The average Bonchev–Trinajstić information content (AvgIpc) is 2.61. The van der Waals surface area contributed by atoms with Gasteiger partial charge in [0.25, 0.3) is 0 Å². The van der Waals surface area contributed by atoms with Gasteiger partial charge in [-0.15, -0.1) is 0 Å². The van der Waals surface area contributed by atoms with Gasteiger partial charge in [-0.05, 0) is 29.8 Å². The van der Waals surface area contributed by atoms with Gasteiger partial charge >= 0.3 is 0 Å². The lowest BCUT2D eigenvalue weighted by Crippen LogP contribution is -1.93. The van der Waals surface area contributed by atoms with Crippen molar-refractivity contribution in [3.8, 4) is 11.5 Å². The highest BCUT2D eigenvalue weighted by molar-refractivity contribution is 6.06. The standard InChI is InChI=1S/C21H18N2O2/c22-17-12-18(23)14-20(13-17)25-19-9-6-15(7-10-19)8-11-21(24)16-4-2-1-3-5-16/h1-14H,22-23H2/b11-8+. The number of nitrogen functional groups attached to an aromatic ring is 2. The lowest BCUT2D eigenvalue weighted by atomic mass is 10.1. The van der Waals surface area contributed by atoms with Gasteiger partial charge in [-0.25, -0.2) is 0 Å². The van der Waals surface area contributed by atoms with Crippen molar-refractivity contribution in [2.45, 2.75) is 0 Å². The van der Waals surface area contributed by atoms with Crippen molar-refractivity contribution in [2.24, 2.45) is 0 Å². The van der Waals surface area contributed by atoms with Crippen molar-refractivity contribution in [1.82, 2.24) is 0 Å². The topological polar surface area (TPSA) is 78.3 Å². The minimum atomic E-state index is -0.0313. The normalized spacial score (nSPS) is 10.7. The first-order chi connectivity index (χ1) is 12.1. The van der Waals surface area contributed by atoms with Crippen molar-refractivity contribution < 1.29 is 9.53 Å². The van der Waals surface area contributed by atoms with E-state index < -0.39 is 0 Å². The Bertz CT molecular complexity index is 881. The van der Waals surface area contributed by atoms with Crippen LogP contribution in [0, 0.1) is 0 Å². The SMILES string of the molecule is Nc1cc(N)cc(Oc2ccc(/C=C/C(=O)c3ccccc3)cc2)c1. The fraction of sp³-hybridized carbons (Fsp3) is 0. The van der Waals surface area contributed by atoms with Gasteiger partial charge in [0.1, 0.15) is 11.5 Å². The van der Waals surface area contributed by atoms with Crippen LogP contribution in [-0.4, -0.2) is 5.78 Å². The maximum Gasteiger partial charge on any atom is 0.185 e. The zero-order valence-corrected chi connectivity index (χ0v) is 13.6. The van der Waals surface area contributed by atoms with Crippen molar-refractivity contribution in [1.29, 1.82) is 0 Å². The Morgan fingerprint density at radius 3 is 2.08 bits per heavy atom. The molecule has 3 aromatic rings. The molecule has 0 atom stereocenters. The minimum Gasteiger partial charge on any atom is -0.457 e. The molecule has 3 rings (SSSR count). The highest BCUT2D eigenvalue weighted by atomic mass is 16.5. The van der Waals surface area contributed by atoms with Crippen molar-refractivity contribution >= 4 is 23.2 Å². The van der Waals surface area contributed by atoms with Gasteiger partial charge in [0.05, 0.1) is 0 Å². The Hall–Kier alpha value is -3.53. The van der Waals surface area contributed by atoms with Gasteiger partial charge < -0.3 is 16.2 Å². The molecule has 0 saturated heterocycles. The summed E-state index contributed by atoms with van der Waals surface area (Å²) in [7, 11) is 0. The number of carbonyl (C=O) groups excluding carboxylic acids is 1. The highest BCUT2D eigenvalue weighted by Crippen LogP contribution is 2.26. The monoisotopic (exact) mass is 330 g/mol. The zero-order chi connectivity index (χ0) is 17.6. The molecule has 4 heteroatoms. The van der Waals surface area contributed by atoms with Gasteiger partial charge in [-0.2, -0.15) is 0 Å². The number of ether oxygens (including phenoxy) is 1. The molecular weight excluding hydrogens is 312 g/mol. The number of hydrogen-bond acceptors (Lipinski definition) is 4. The van der Waals surface area contributed by atoms with Crippen LogP contribution in [0.1, 0.15) is 15.9 Å². The number of hydrogen-bond donors (Lipinski definition) is 2. The van der Waals surface area contributed by atoms with E-state index in [2.05, 4.69) is 0 Å². The van der Waals surface area contributed by atoms with Crippen LogP contribution in [0.5, 0.6) is 11.5 Å². The summed E-state index contributed by atoms with van der Waals surface area (Å²) in [6.07, 6.45) is 3.33. The van der Waals surface area contributed by atoms with Crippen LogP contribution in [0.4, 0.5) is 11.4 Å². The second-order valence-corrected chi connectivity index (χ2v) is 5.57. The Morgan fingerprint density at radius 2 is 1.44 bits per heavy atom. The third-order valence-electron chi connectivity index (χ3n) is 3.55. The first-order valence-electron chi connectivity index (χ1n) is 7.81. The molecule has 0 aliphatic heterocycles. The second kappa shape index (κ2) is 7.36. The Balaban J connectivity index is 1.68. The molecule has 4 N–H and O–H groups in total. The molecule has 124 valence electrons. The molecule has 0 spiro atoms. The van der Waals surface area contributed by atoms with E-state index in [0.717, 1.165) is 5.56 Å². The van der Waals surface area contributed by atoms with E-state index in [1.807, 2.05) is 42.5 Å². The van der Waals surface area contributed by atoms with Crippen LogP contribution in [0.15, 0.2) is 78.9 Å². The molecule has 0 radical (unpaired) electrons. The summed E-state index contributed by atoms with van der Waals surface area (Å²) in [6, 6.07) is 21.6. The van der Waals surface area contributed by atoms with E-state index >= 15 is 0 Å². The summed E-state index contributed by atoms with van der Waals surface area (Å²) in [5.74, 6) is 1.22. The molecule has 0 bridgehead atoms. The van der Waals surface area contributed by atoms with E-state index in [1.165, 1.54) is 0 Å². The van der Waals surface area contributed by atoms with E-state index in [4.69, 9.17) is 16.2 Å². The molecule has 4 nitrogen and oxygen atoms in total. The number of ketones is 1. The molecule has 0 unspecified atom stereocenters. The van der Waals surface area contributed by atoms with E-state index in [0.29, 0.717) is 28.4 Å². The second-order valence-electron chi connectivity index (χ2n) is 5.57. The van der Waals surface area contributed by atoms with Crippen molar-refractivity contribution in [3.05, 3.63) is 90.0 Å². The van der Waals surface area contributed by atoms with Gasteiger partial charge in [0, 0.05) is 29.1 Å². The summed E-state index contributed by atoms with van der Waals surface area (Å²) >= 11 is 0. The summed E-state index contributed by atoms with van der Waals surface area (Å²) in [5.41, 5.74) is 14.2. The predicted octanol–water partition coefficient (Wildman–Crippen LogP) is 4.54. The van der Waals surface area contributed by atoms with Gasteiger partial charge in [0.2, 0.25) is 0 Å². The number of allylic oxidation sites excluding steroid dienone is 1.